The Labute approximate surface area is 126 Å². The number of nitrogens with zero attached hydrogens (tertiary/aromatic N) is 5. The van der Waals surface area contributed by atoms with E-state index in [0.717, 1.165) is 30.7 Å². The molecule has 0 aromatic carbocycles. The van der Waals surface area contributed by atoms with Crippen molar-refractivity contribution in [2.24, 2.45) is 0 Å². The molecule has 0 aliphatic carbocycles. The highest BCUT2D eigenvalue weighted by molar-refractivity contribution is 6.28. The number of rotatable bonds is 5. The predicted octanol–water partition coefficient (Wildman–Crippen LogP) is 2.32. The zero-order valence-electron chi connectivity index (χ0n) is 11.9. The topological polar surface area (TPSA) is 84.3 Å². The minimum atomic E-state index is 0.190. The number of aryl methyl sites for hydroxylation is 3. The van der Waals surface area contributed by atoms with Crippen LogP contribution in [0.4, 0.5) is 5.82 Å². The van der Waals surface area contributed by atoms with Gasteiger partial charge in [0.15, 0.2) is 11.5 Å². The first kappa shape index (κ1) is 13.8. The lowest BCUT2D eigenvalue weighted by molar-refractivity contribution is 0.573. The second-order valence-electron chi connectivity index (χ2n) is 4.87. The van der Waals surface area contributed by atoms with Crippen LogP contribution in [0.1, 0.15) is 17.8 Å². The summed E-state index contributed by atoms with van der Waals surface area (Å²) in [6, 6.07) is 2.08. The third kappa shape index (κ3) is 2.97. The first-order chi connectivity index (χ1) is 10.1. The lowest BCUT2D eigenvalue weighted by Crippen LogP contribution is -2.10. The molecule has 0 saturated carbocycles. The summed E-state index contributed by atoms with van der Waals surface area (Å²) in [5, 5.41) is 7.89. The van der Waals surface area contributed by atoms with Crippen LogP contribution in [0, 0.1) is 13.8 Å². The third-order valence-electron chi connectivity index (χ3n) is 3.20. The zero-order chi connectivity index (χ0) is 14.8. The van der Waals surface area contributed by atoms with Crippen LogP contribution in [0.15, 0.2) is 12.4 Å². The molecule has 3 heterocycles. The SMILES string of the molecule is Cc1cc(C)n(CCCNc2nc(Cl)nc3nc[nH]c23)n1. The molecule has 0 fully saturated rings. The van der Waals surface area contributed by atoms with Crippen LogP contribution in [0.5, 0.6) is 0 Å². The number of halogens is 1. The molecule has 0 amide bonds. The number of H-pyrrole nitrogens is 1. The minimum Gasteiger partial charge on any atom is -0.368 e. The molecule has 3 rings (SSSR count). The summed E-state index contributed by atoms with van der Waals surface area (Å²) in [6.45, 7) is 5.68. The third-order valence-corrected chi connectivity index (χ3v) is 3.37. The summed E-state index contributed by atoms with van der Waals surface area (Å²) in [7, 11) is 0. The molecule has 0 aliphatic heterocycles. The number of aromatic amines is 1. The molecule has 2 N–H and O–H groups in total. The molecular weight excluding hydrogens is 290 g/mol. The average molecular weight is 306 g/mol. The largest absolute Gasteiger partial charge is 0.368 e. The molecule has 7 nitrogen and oxygen atoms in total. The van der Waals surface area contributed by atoms with E-state index < -0.39 is 0 Å². The summed E-state index contributed by atoms with van der Waals surface area (Å²) in [4.78, 5) is 15.3. The molecule has 0 atom stereocenters. The molecule has 21 heavy (non-hydrogen) atoms. The summed E-state index contributed by atoms with van der Waals surface area (Å²) < 4.78 is 2.01. The number of hydrogen-bond donors (Lipinski definition) is 2. The summed E-state index contributed by atoms with van der Waals surface area (Å²) in [6.07, 6.45) is 2.51. The Bertz CT molecular complexity index is 761. The van der Waals surface area contributed by atoms with E-state index in [1.54, 1.807) is 6.33 Å². The van der Waals surface area contributed by atoms with Crippen molar-refractivity contribution in [1.82, 2.24) is 29.7 Å². The van der Waals surface area contributed by atoms with E-state index in [2.05, 4.69) is 43.3 Å². The smallest absolute Gasteiger partial charge is 0.226 e. The number of hydrogen-bond acceptors (Lipinski definition) is 5. The average Bonchev–Trinajstić information content (AvgIpc) is 3.01. The molecule has 110 valence electrons. The standard InChI is InChI=1S/C13H16ClN7/c1-8-6-9(2)21(20-8)5-3-4-15-11-10-12(17-7-16-10)19-13(14)18-11/h6-7H,3-5H2,1-2H3,(H2,15,16,17,18,19). The lowest BCUT2D eigenvalue weighted by Gasteiger charge is -2.07. The van der Waals surface area contributed by atoms with Gasteiger partial charge in [-0.3, -0.25) is 4.68 Å². The van der Waals surface area contributed by atoms with Crippen molar-refractivity contribution in [2.75, 3.05) is 11.9 Å². The van der Waals surface area contributed by atoms with Gasteiger partial charge in [-0.2, -0.15) is 15.1 Å². The predicted molar refractivity (Wildman–Crippen MR) is 81.5 cm³/mol. The van der Waals surface area contributed by atoms with E-state index >= 15 is 0 Å². The molecule has 3 aromatic heterocycles. The van der Waals surface area contributed by atoms with Crippen LogP contribution in [0.25, 0.3) is 11.2 Å². The van der Waals surface area contributed by atoms with Crippen LogP contribution in [-0.2, 0) is 6.54 Å². The van der Waals surface area contributed by atoms with Gasteiger partial charge in [0.05, 0.1) is 12.0 Å². The summed E-state index contributed by atoms with van der Waals surface area (Å²) in [5.41, 5.74) is 3.55. The van der Waals surface area contributed by atoms with Crippen LogP contribution in [-0.4, -0.2) is 36.3 Å². The molecule has 8 heteroatoms. The van der Waals surface area contributed by atoms with Crippen LogP contribution in [0.2, 0.25) is 5.28 Å². The monoisotopic (exact) mass is 305 g/mol. The summed E-state index contributed by atoms with van der Waals surface area (Å²) in [5.74, 6) is 0.677. The molecule has 0 radical (unpaired) electrons. The van der Waals surface area contributed by atoms with Crippen molar-refractivity contribution in [2.45, 2.75) is 26.8 Å². The van der Waals surface area contributed by atoms with Crippen molar-refractivity contribution in [3.63, 3.8) is 0 Å². The van der Waals surface area contributed by atoms with E-state index in [1.807, 2.05) is 11.6 Å². The number of aromatic nitrogens is 6. The molecule has 3 aromatic rings. The second kappa shape index (κ2) is 5.69. The Morgan fingerprint density at radius 2 is 2.19 bits per heavy atom. The van der Waals surface area contributed by atoms with Gasteiger partial charge in [0.1, 0.15) is 5.52 Å². The van der Waals surface area contributed by atoms with Gasteiger partial charge in [-0.15, -0.1) is 0 Å². The first-order valence-electron chi connectivity index (χ1n) is 6.75. The van der Waals surface area contributed by atoms with Gasteiger partial charge in [0.2, 0.25) is 5.28 Å². The Balaban J connectivity index is 1.62. The van der Waals surface area contributed by atoms with E-state index in [4.69, 9.17) is 11.6 Å². The fourth-order valence-electron chi connectivity index (χ4n) is 2.27. The maximum Gasteiger partial charge on any atom is 0.226 e. The number of nitrogens with one attached hydrogen (secondary N) is 2. The Morgan fingerprint density at radius 1 is 1.33 bits per heavy atom. The van der Waals surface area contributed by atoms with Gasteiger partial charge in [0.25, 0.3) is 0 Å². The molecule has 0 spiro atoms. The fourth-order valence-corrected chi connectivity index (χ4v) is 2.44. The fraction of sp³-hybridized carbons (Fsp3) is 0.385. The van der Waals surface area contributed by atoms with Gasteiger partial charge in [-0.25, -0.2) is 4.98 Å². The number of fused-ring (bicyclic) bond motifs is 1. The quantitative estimate of drug-likeness (QED) is 0.558. The van der Waals surface area contributed by atoms with Crippen molar-refractivity contribution < 1.29 is 0 Å². The second-order valence-corrected chi connectivity index (χ2v) is 5.21. The highest BCUT2D eigenvalue weighted by Gasteiger charge is 2.08. The summed E-state index contributed by atoms with van der Waals surface area (Å²) >= 11 is 5.88. The van der Waals surface area contributed by atoms with Crippen molar-refractivity contribution in [3.8, 4) is 0 Å². The van der Waals surface area contributed by atoms with Crippen molar-refractivity contribution in [3.05, 3.63) is 29.1 Å². The lowest BCUT2D eigenvalue weighted by atomic mass is 10.3. The normalized spacial score (nSPS) is 11.2. The van der Waals surface area contributed by atoms with E-state index in [9.17, 15) is 0 Å². The van der Waals surface area contributed by atoms with Gasteiger partial charge in [0, 0.05) is 18.8 Å². The molecule has 0 aliphatic rings. The van der Waals surface area contributed by atoms with Crippen molar-refractivity contribution >= 4 is 28.6 Å². The first-order valence-corrected chi connectivity index (χ1v) is 7.13. The van der Waals surface area contributed by atoms with E-state index in [1.165, 1.54) is 5.69 Å². The van der Waals surface area contributed by atoms with Crippen molar-refractivity contribution in [1.29, 1.82) is 0 Å². The van der Waals surface area contributed by atoms with Crippen LogP contribution in [0.3, 0.4) is 0 Å². The zero-order valence-corrected chi connectivity index (χ0v) is 12.6. The Hall–Kier alpha value is -2.15. The van der Waals surface area contributed by atoms with E-state index in [0.29, 0.717) is 11.5 Å². The Morgan fingerprint density at radius 3 is 2.95 bits per heavy atom. The number of imidazole rings is 1. The van der Waals surface area contributed by atoms with Crippen LogP contribution >= 0.6 is 11.6 Å². The highest BCUT2D eigenvalue weighted by atomic mass is 35.5. The van der Waals surface area contributed by atoms with Gasteiger partial charge in [-0.05, 0) is 37.9 Å². The minimum absolute atomic E-state index is 0.190. The molecule has 0 unspecified atom stereocenters. The molecule has 0 bridgehead atoms. The maximum absolute atomic E-state index is 5.88. The van der Waals surface area contributed by atoms with Crippen LogP contribution < -0.4 is 5.32 Å². The number of anilines is 1. The highest BCUT2D eigenvalue weighted by Crippen LogP contribution is 2.18. The molecule has 0 saturated heterocycles. The maximum atomic E-state index is 5.88. The van der Waals surface area contributed by atoms with Gasteiger partial charge < -0.3 is 10.3 Å². The molecular formula is C13H16ClN7. The Kier molecular flexibility index (Phi) is 3.74. The van der Waals surface area contributed by atoms with E-state index in [-0.39, 0.29) is 5.28 Å². The van der Waals surface area contributed by atoms with Gasteiger partial charge >= 0.3 is 0 Å². The van der Waals surface area contributed by atoms with Gasteiger partial charge in [-0.1, -0.05) is 0 Å².